The van der Waals surface area contributed by atoms with Gasteiger partial charge >= 0.3 is 0 Å². The molecule has 0 bridgehead atoms. The molecule has 3 rings (SSSR count). The molecule has 2 atom stereocenters. The van der Waals surface area contributed by atoms with Gasteiger partial charge in [0, 0.05) is 18.0 Å². The standard InChI is InChI=1S/C20H32N4O2S/c1-13-14(2)20(27-15(13)3)23-18(25)12-24-9-5-6-16(11-24)10-22-19(26)17-7-4-8-21-17/h16-17,21H,4-12H2,1-3H3,(H,22,26)(H,23,25). The van der Waals surface area contributed by atoms with Crippen molar-refractivity contribution in [3.63, 3.8) is 0 Å². The summed E-state index contributed by atoms with van der Waals surface area (Å²) in [5, 5.41) is 10.4. The first kappa shape index (κ1) is 20.3. The molecule has 3 heterocycles. The van der Waals surface area contributed by atoms with Crippen LogP contribution >= 0.6 is 11.3 Å². The van der Waals surface area contributed by atoms with Crippen molar-refractivity contribution in [2.24, 2.45) is 5.92 Å². The molecule has 0 saturated carbocycles. The molecular weight excluding hydrogens is 360 g/mol. The van der Waals surface area contributed by atoms with E-state index in [2.05, 4.69) is 41.6 Å². The fourth-order valence-electron chi connectivity index (χ4n) is 3.97. The molecule has 2 fully saturated rings. The Morgan fingerprint density at radius 3 is 2.67 bits per heavy atom. The molecule has 0 radical (unpaired) electrons. The highest BCUT2D eigenvalue weighted by Gasteiger charge is 2.25. The van der Waals surface area contributed by atoms with E-state index in [4.69, 9.17) is 0 Å². The van der Waals surface area contributed by atoms with Crippen molar-refractivity contribution in [1.82, 2.24) is 15.5 Å². The van der Waals surface area contributed by atoms with E-state index in [1.54, 1.807) is 11.3 Å². The Balaban J connectivity index is 1.44. The van der Waals surface area contributed by atoms with E-state index in [0.717, 1.165) is 50.3 Å². The maximum Gasteiger partial charge on any atom is 0.239 e. The number of rotatable bonds is 6. The molecule has 6 nitrogen and oxygen atoms in total. The topological polar surface area (TPSA) is 73.5 Å². The Morgan fingerprint density at radius 2 is 2.00 bits per heavy atom. The number of nitrogens with zero attached hydrogens (tertiary/aromatic N) is 1. The molecule has 2 aliphatic rings. The van der Waals surface area contributed by atoms with E-state index in [0.29, 0.717) is 19.0 Å². The molecule has 2 aliphatic heterocycles. The van der Waals surface area contributed by atoms with Gasteiger partial charge in [-0.15, -0.1) is 11.3 Å². The maximum absolute atomic E-state index is 12.5. The van der Waals surface area contributed by atoms with Crippen LogP contribution in [0.25, 0.3) is 0 Å². The Kier molecular flexibility index (Phi) is 6.89. The highest BCUT2D eigenvalue weighted by molar-refractivity contribution is 7.16. The van der Waals surface area contributed by atoms with Crippen LogP contribution in [0.4, 0.5) is 5.00 Å². The average Bonchev–Trinajstić information content (AvgIpc) is 3.26. The Hall–Kier alpha value is -1.44. The minimum atomic E-state index is -0.0172. The van der Waals surface area contributed by atoms with Crippen molar-refractivity contribution in [2.45, 2.75) is 52.5 Å². The van der Waals surface area contributed by atoms with Crippen LogP contribution in [0.15, 0.2) is 0 Å². The summed E-state index contributed by atoms with van der Waals surface area (Å²) in [5.41, 5.74) is 2.44. The summed E-state index contributed by atoms with van der Waals surface area (Å²) < 4.78 is 0. The zero-order chi connectivity index (χ0) is 19.4. The average molecular weight is 393 g/mol. The predicted molar refractivity (Wildman–Crippen MR) is 110 cm³/mol. The second kappa shape index (κ2) is 9.17. The monoisotopic (exact) mass is 392 g/mol. The molecule has 2 saturated heterocycles. The van der Waals surface area contributed by atoms with Gasteiger partial charge in [0.15, 0.2) is 0 Å². The molecular formula is C20H32N4O2S. The number of thiophene rings is 1. The van der Waals surface area contributed by atoms with Gasteiger partial charge in [-0.3, -0.25) is 14.5 Å². The number of hydrogen-bond acceptors (Lipinski definition) is 5. The molecule has 2 unspecified atom stereocenters. The second-order valence-electron chi connectivity index (χ2n) is 7.92. The van der Waals surface area contributed by atoms with Crippen LogP contribution in [0.2, 0.25) is 0 Å². The molecule has 150 valence electrons. The van der Waals surface area contributed by atoms with Gasteiger partial charge in [0.1, 0.15) is 0 Å². The minimum absolute atomic E-state index is 0.0172. The third kappa shape index (κ3) is 5.30. The van der Waals surface area contributed by atoms with E-state index in [1.807, 2.05) is 0 Å². The van der Waals surface area contributed by atoms with Gasteiger partial charge in [-0.1, -0.05) is 0 Å². The first-order valence-corrected chi connectivity index (χ1v) is 10.9. The van der Waals surface area contributed by atoms with Crippen LogP contribution < -0.4 is 16.0 Å². The third-order valence-corrected chi connectivity index (χ3v) is 7.08. The molecule has 0 aliphatic carbocycles. The molecule has 3 N–H and O–H groups in total. The molecule has 0 aromatic carbocycles. The highest BCUT2D eigenvalue weighted by Crippen LogP contribution is 2.31. The van der Waals surface area contributed by atoms with Crippen molar-refractivity contribution in [1.29, 1.82) is 0 Å². The van der Waals surface area contributed by atoms with Crippen molar-refractivity contribution < 1.29 is 9.59 Å². The molecule has 1 aromatic rings. The van der Waals surface area contributed by atoms with Crippen LogP contribution in [0.3, 0.4) is 0 Å². The second-order valence-corrected chi connectivity index (χ2v) is 9.15. The summed E-state index contributed by atoms with van der Waals surface area (Å²) in [5.74, 6) is 0.602. The lowest BCUT2D eigenvalue weighted by atomic mass is 9.98. The van der Waals surface area contributed by atoms with Crippen LogP contribution in [0.1, 0.15) is 41.7 Å². The van der Waals surface area contributed by atoms with Crippen molar-refractivity contribution in [3.8, 4) is 0 Å². The molecule has 27 heavy (non-hydrogen) atoms. The summed E-state index contributed by atoms with van der Waals surface area (Å²) in [6, 6.07) is -0.0172. The largest absolute Gasteiger partial charge is 0.354 e. The quantitative estimate of drug-likeness (QED) is 0.694. The van der Waals surface area contributed by atoms with Crippen LogP contribution in [-0.4, -0.2) is 55.5 Å². The number of aryl methyl sites for hydroxylation is 1. The number of nitrogens with one attached hydrogen (secondary N) is 3. The number of carbonyl (C=O) groups is 2. The van der Waals surface area contributed by atoms with E-state index in [9.17, 15) is 9.59 Å². The maximum atomic E-state index is 12.5. The first-order chi connectivity index (χ1) is 12.9. The van der Waals surface area contributed by atoms with Gasteiger partial charge in [0.25, 0.3) is 0 Å². The summed E-state index contributed by atoms with van der Waals surface area (Å²) in [7, 11) is 0. The normalized spacial score (nSPS) is 23.4. The number of carbonyl (C=O) groups excluding carboxylic acids is 2. The number of likely N-dealkylation sites (tertiary alicyclic amines) is 1. The van der Waals surface area contributed by atoms with Gasteiger partial charge in [-0.05, 0) is 76.6 Å². The summed E-state index contributed by atoms with van der Waals surface area (Å²) in [6.45, 7) is 10.1. The number of piperidine rings is 1. The molecule has 1 aromatic heterocycles. The van der Waals surface area contributed by atoms with Crippen LogP contribution in [0.5, 0.6) is 0 Å². The van der Waals surface area contributed by atoms with E-state index in [1.165, 1.54) is 16.0 Å². The number of hydrogen-bond donors (Lipinski definition) is 3. The number of amides is 2. The summed E-state index contributed by atoms with van der Waals surface area (Å²) in [6.07, 6.45) is 4.20. The summed E-state index contributed by atoms with van der Waals surface area (Å²) in [4.78, 5) is 28.1. The fraction of sp³-hybridized carbons (Fsp3) is 0.700. The first-order valence-electron chi connectivity index (χ1n) is 10.0. The SMILES string of the molecule is Cc1sc(NC(=O)CN2CCCC(CNC(=O)C3CCCN3)C2)c(C)c1C. The van der Waals surface area contributed by atoms with Crippen molar-refractivity contribution in [3.05, 3.63) is 16.0 Å². The minimum Gasteiger partial charge on any atom is -0.354 e. The third-order valence-electron chi connectivity index (χ3n) is 5.85. The zero-order valence-electron chi connectivity index (χ0n) is 16.7. The fourth-order valence-corrected chi connectivity index (χ4v) is 5.05. The van der Waals surface area contributed by atoms with Crippen molar-refractivity contribution >= 4 is 28.2 Å². The van der Waals surface area contributed by atoms with Gasteiger partial charge < -0.3 is 16.0 Å². The van der Waals surface area contributed by atoms with Gasteiger partial charge in [0.05, 0.1) is 17.6 Å². The lowest BCUT2D eigenvalue weighted by Gasteiger charge is -2.32. The van der Waals surface area contributed by atoms with Gasteiger partial charge in [0.2, 0.25) is 11.8 Å². The zero-order valence-corrected chi connectivity index (χ0v) is 17.5. The smallest absolute Gasteiger partial charge is 0.239 e. The Bertz CT molecular complexity index is 682. The van der Waals surface area contributed by atoms with E-state index >= 15 is 0 Å². The van der Waals surface area contributed by atoms with E-state index < -0.39 is 0 Å². The van der Waals surface area contributed by atoms with Crippen LogP contribution in [0, 0.1) is 26.7 Å². The summed E-state index contributed by atoms with van der Waals surface area (Å²) >= 11 is 1.65. The lowest BCUT2D eigenvalue weighted by molar-refractivity contribution is -0.123. The Morgan fingerprint density at radius 1 is 1.19 bits per heavy atom. The lowest BCUT2D eigenvalue weighted by Crippen LogP contribution is -2.46. The predicted octanol–water partition coefficient (Wildman–Crippen LogP) is 2.19. The molecule has 2 amide bonds. The number of anilines is 1. The van der Waals surface area contributed by atoms with Crippen LogP contribution in [-0.2, 0) is 9.59 Å². The molecule has 7 heteroatoms. The highest BCUT2D eigenvalue weighted by atomic mass is 32.1. The molecule has 0 spiro atoms. The Labute approximate surface area is 166 Å². The van der Waals surface area contributed by atoms with Gasteiger partial charge in [-0.2, -0.15) is 0 Å². The van der Waals surface area contributed by atoms with Gasteiger partial charge in [-0.25, -0.2) is 0 Å². The van der Waals surface area contributed by atoms with Crippen molar-refractivity contribution in [2.75, 3.05) is 38.0 Å². The van der Waals surface area contributed by atoms with E-state index in [-0.39, 0.29) is 17.9 Å².